The minimum absolute atomic E-state index is 0.00438. The molecule has 1 saturated heterocycles. The third-order valence-corrected chi connectivity index (χ3v) is 2.43. The predicted octanol–water partition coefficient (Wildman–Crippen LogP) is 0.648. The molecule has 0 aromatic rings. The van der Waals surface area contributed by atoms with Crippen LogP contribution in [-0.4, -0.2) is 41.9 Å². The highest BCUT2D eigenvalue weighted by Gasteiger charge is 2.37. The van der Waals surface area contributed by atoms with Crippen LogP contribution in [0.4, 0.5) is 0 Å². The van der Waals surface area contributed by atoms with Crippen molar-refractivity contribution in [2.45, 2.75) is 38.8 Å². The zero-order valence-corrected chi connectivity index (χ0v) is 9.27. The number of ketones is 1. The fraction of sp³-hybridized carbons (Fsp3) is 0.900. The topological polar surface area (TPSA) is 32.3 Å². The lowest BCUT2D eigenvalue weighted by molar-refractivity contribution is -0.124. The zero-order valence-electron chi connectivity index (χ0n) is 9.27. The molecule has 1 heterocycles. The fourth-order valence-corrected chi connectivity index (χ4v) is 2.13. The molecule has 0 aromatic heterocycles. The normalized spacial score (nSPS) is 28.5. The molecule has 0 saturated carbocycles. The highest BCUT2D eigenvalue weighted by molar-refractivity contribution is 5.89. The van der Waals surface area contributed by atoms with E-state index >= 15 is 0 Å². The molecule has 0 amide bonds. The second-order valence-electron chi connectivity index (χ2n) is 5.23. The minimum Gasteiger partial charge on any atom is -0.299 e. The summed E-state index contributed by atoms with van der Waals surface area (Å²) in [6.45, 7) is 9.62. The first-order valence-electron chi connectivity index (χ1n) is 4.74. The van der Waals surface area contributed by atoms with E-state index in [-0.39, 0.29) is 11.3 Å². The Bertz CT molecular complexity index is 221. The van der Waals surface area contributed by atoms with Gasteiger partial charge in [-0.25, -0.2) is 0 Å². The standard InChI is InChI=1S/C10H20N2O/c1-9(2)7-12(5)6-8(13)10(3,4)11-9/h11H,6-7H2,1-5H3. The van der Waals surface area contributed by atoms with Gasteiger partial charge in [0.2, 0.25) is 0 Å². The monoisotopic (exact) mass is 184 g/mol. The van der Waals surface area contributed by atoms with Crippen molar-refractivity contribution in [1.82, 2.24) is 10.2 Å². The molecule has 0 atom stereocenters. The van der Waals surface area contributed by atoms with Crippen LogP contribution in [-0.2, 0) is 4.79 Å². The number of carbonyl (C=O) groups excluding carboxylic acids is 1. The van der Waals surface area contributed by atoms with Gasteiger partial charge in [-0.05, 0) is 34.7 Å². The van der Waals surface area contributed by atoms with E-state index in [1.807, 2.05) is 20.9 Å². The molecule has 13 heavy (non-hydrogen) atoms. The third-order valence-electron chi connectivity index (χ3n) is 2.43. The largest absolute Gasteiger partial charge is 0.299 e. The van der Waals surface area contributed by atoms with Crippen molar-refractivity contribution in [2.75, 3.05) is 20.1 Å². The van der Waals surface area contributed by atoms with Gasteiger partial charge in [0, 0.05) is 12.1 Å². The summed E-state index contributed by atoms with van der Waals surface area (Å²) in [5, 5.41) is 3.38. The second kappa shape index (κ2) is 3.07. The number of nitrogens with zero attached hydrogens (tertiary/aromatic N) is 1. The Morgan fingerprint density at radius 2 is 1.85 bits per heavy atom. The summed E-state index contributed by atoms with van der Waals surface area (Å²) in [6.07, 6.45) is 0. The lowest BCUT2D eigenvalue weighted by Gasteiger charge is -2.33. The van der Waals surface area contributed by atoms with Crippen molar-refractivity contribution in [3.05, 3.63) is 0 Å². The molecule has 0 aliphatic carbocycles. The lowest BCUT2D eigenvalue weighted by atomic mass is 9.95. The van der Waals surface area contributed by atoms with Gasteiger partial charge in [-0.15, -0.1) is 0 Å². The van der Waals surface area contributed by atoms with Crippen molar-refractivity contribution in [1.29, 1.82) is 0 Å². The number of nitrogens with one attached hydrogen (secondary N) is 1. The molecule has 0 bridgehead atoms. The van der Waals surface area contributed by atoms with E-state index in [1.54, 1.807) is 0 Å². The molecule has 3 heteroatoms. The van der Waals surface area contributed by atoms with E-state index < -0.39 is 5.54 Å². The van der Waals surface area contributed by atoms with E-state index in [1.165, 1.54) is 0 Å². The molecule has 1 N–H and O–H groups in total. The Balaban J connectivity index is 2.88. The maximum Gasteiger partial charge on any atom is 0.166 e. The Hall–Kier alpha value is -0.410. The number of hydrogen-bond acceptors (Lipinski definition) is 3. The number of carbonyl (C=O) groups is 1. The first-order chi connectivity index (χ1) is 5.73. The summed E-state index contributed by atoms with van der Waals surface area (Å²) in [7, 11) is 1.99. The van der Waals surface area contributed by atoms with Gasteiger partial charge >= 0.3 is 0 Å². The summed E-state index contributed by atoms with van der Waals surface area (Å²) in [6, 6.07) is 0. The summed E-state index contributed by atoms with van der Waals surface area (Å²) in [5.41, 5.74) is -0.390. The minimum atomic E-state index is -0.395. The first-order valence-corrected chi connectivity index (χ1v) is 4.74. The average molecular weight is 184 g/mol. The molecule has 1 aliphatic heterocycles. The van der Waals surface area contributed by atoms with Gasteiger partial charge in [-0.1, -0.05) is 0 Å². The van der Waals surface area contributed by atoms with Crippen molar-refractivity contribution in [2.24, 2.45) is 0 Å². The number of Topliss-reactive ketones (excluding diaryl/α,β-unsaturated/α-hetero) is 1. The van der Waals surface area contributed by atoms with Crippen molar-refractivity contribution < 1.29 is 4.79 Å². The number of likely N-dealkylation sites (N-methyl/N-ethyl adjacent to an activating group) is 1. The van der Waals surface area contributed by atoms with Crippen LogP contribution in [0.5, 0.6) is 0 Å². The number of hydrogen-bond donors (Lipinski definition) is 1. The van der Waals surface area contributed by atoms with Gasteiger partial charge in [0.25, 0.3) is 0 Å². The predicted molar refractivity (Wildman–Crippen MR) is 53.8 cm³/mol. The molecule has 76 valence electrons. The molecular formula is C10H20N2O. The number of rotatable bonds is 0. The molecule has 0 aromatic carbocycles. The van der Waals surface area contributed by atoms with E-state index in [4.69, 9.17) is 0 Å². The van der Waals surface area contributed by atoms with Crippen molar-refractivity contribution >= 4 is 5.78 Å². The maximum atomic E-state index is 11.7. The van der Waals surface area contributed by atoms with Crippen LogP contribution in [0, 0.1) is 0 Å². The van der Waals surface area contributed by atoms with Crippen LogP contribution in [0.2, 0.25) is 0 Å². The molecule has 3 nitrogen and oxygen atoms in total. The van der Waals surface area contributed by atoms with Gasteiger partial charge in [0.05, 0.1) is 12.1 Å². The van der Waals surface area contributed by atoms with Crippen LogP contribution in [0.25, 0.3) is 0 Å². The summed E-state index contributed by atoms with van der Waals surface area (Å²) >= 11 is 0. The summed E-state index contributed by atoms with van der Waals surface area (Å²) < 4.78 is 0. The van der Waals surface area contributed by atoms with Crippen LogP contribution in [0.1, 0.15) is 27.7 Å². The highest BCUT2D eigenvalue weighted by Crippen LogP contribution is 2.17. The summed E-state index contributed by atoms with van der Waals surface area (Å²) in [5.74, 6) is 0.264. The third kappa shape index (κ3) is 2.51. The zero-order chi connectivity index (χ0) is 10.3. The molecule has 0 spiro atoms. The molecule has 1 aliphatic rings. The Labute approximate surface area is 80.5 Å². The quantitative estimate of drug-likeness (QED) is 0.600. The Kier molecular flexibility index (Phi) is 2.52. The molecular weight excluding hydrogens is 164 g/mol. The van der Waals surface area contributed by atoms with E-state index in [2.05, 4.69) is 24.1 Å². The highest BCUT2D eigenvalue weighted by atomic mass is 16.1. The summed E-state index contributed by atoms with van der Waals surface area (Å²) in [4.78, 5) is 13.8. The van der Waals surface area contributed by atoms with Gasteiger partial charge < -0.3 is 0 Å². The average Bonchev–Trinajstić information content (AvgIpc) is 1.85. The smallest absolute Gasteiger partial charge is 0.166 e. The van der Waals surface area contributed by atoms with E-state index in [9.17, 15) is 4.79 Å². The van der Waals surface area contributed by atoms with Gasteiger partial charge in [-0.3, -0.25) is 15.0 Å². The van der Waals surface area contributed by atoms with E-state index in [0.29, 0.717) is 6.54 Å². The van der Waals surface area contributed by atoms with Gasteiger partial charge in [0.15, 0.2) is 5.78 Å². The second-order valence-corrected chi connectivity index (χ2v) is 5.23. The first kappa shape index (κ1) is 10.7. The maximum absolute atomic E-state index is 11.7. The molecule has 1 rings (SSSR count). The van der Waals surface area contributed by atoms with E-state index in [0.717, 1.165) is 6.54 Å². The fourth-order valence-electron chi connectivity index (χ4n) is 2.13. The Morgan fingerprint density at radius 1 is 1.31 bits per heavy atom. The van der Waals surface area contributed by atoms with Gasteiger partial charge in [0.1, 0.15) is 0 Å². The van der Waals surface area contributed by atoms with Crippen molar-refractivity contribution in [3.8, 4) is 0 Å². The van der Waals surface area contributed by atoms with Crippen LogP contribution in [0.15, 0.2) is 0 Å². The van der Waals surface area contributed by atoms with Crippen LogP contribution >= 0.6 is 0 Å². The van der Waals surface area contributed by atoms with Gasteiger partial charge in [-0.2, -0.15) is 0 Å². The molecule has 1 fully saturated rings. The lowest BCUT2D eigenvalue weighted by Crippen LogP contribution is -2.56. The molecule has 0 radical (unpaired) electrons. The SMILES string of the molecule is CN1CC(=O)C(C)(C)NC(C)(C)C1. The Morgan fingerprint density at radius 3 is 2.38 bits per heavy atom. The van der Waals surface area contributed by atoms with Crippen molar-refractivity contribution in [3.63, 3.8) is 0 Å². The molecule has 0 unspecified atom stereocenters. The van der Waals surface area contributed by atoms with Crippen LogP contribution in [0.3, 0.4) is 0 Å². The van der Waals surface area contributed by atoms with Crippen LogP contribution < -0.4 is 5.32 Å².